The molecular weight excluding hydrogens is 230 g/mol. The van der Waals surface area contributed by atoms with Gasteiger partial charge in [0.2, 0.25) is 0 Å². The van der Waals surface area contributed by atoms with E-state index in [1.807, 2.05) is 24.1 Å². The van der Waals surface area contributed by atoms with Gasteiger partial charge in [-0.15, -0.1) is 0 Å². The van der Waals surface area contributed by atoms with Crippen LogP contribution in [-0.4, -0.2) is 18.4 Å². The first kappa shape index (κ1) is 9.03. The number of aliphatic hydroxyl groups is 1. The summed E-state index contributed by atoms with van der Waals surface area (Å²) in [7, 11) is 1.93. The average molecular weight is 242 g/mol. The van der Waals surface area contributed by atoms with Crippen molar-refractivity contribution in [3.05, 3.63) is 28.2 Å². The normalized spacial score (nSPS) is 21.5. The second kappa shape index (κ2) is 3.31. The van der Waals surface area contributed by atoms with Crippen molar-refractivity contribution in [2.45, 2.75) is 19.1 Å². The van der Waals surface area contributed by atoms with Gasteiger partial charge in [0.15, 0.2) is 0 Å². The van der Waals surface area contributed by atoms with Crippen molar-refractivity contribution in [1.29, 1.82) is 0 Å². The molecule has 0 radical (unpaired) electrons. The third-order valence-electron chi connectivity index (χ3n) is 2.54. The van der Waals surface area contributed by atoms with Gasteiger partial charge >= 0.3 is 0 Å². The molecule has 1 unspecified atom stereocenters. The van der Waals surface area contributed by atoms with Crippen molar-refractivity contribution >= 4 is 21.6 Å². The quantitative estimate of drug-likeness (QED) is 0.753. The average Bonchev–Trinajstić information content (AvgIpc) is 2.12. The van der Waals surface area contributed by atoms with Gasteiger partial charge in [0.1, 0.15) is 6.23 Å². The zero-order valence-electron chi connectivity index (χ0n) is 7.50. The molecule has 1 aromatic carbocycles. The molecule has 1 atom stereocenters. The van der Waals surface area contributed by atoms with Gasteiger partial charge in [-0.25, -0.2) is 0 Å². The molecule has 13 heavy (non-hydrogen) atoms. The maximum atomic E-state index is 9.61. The lowest BCUT2D eigenvalue weighted by Crippen LogP contribution is -2.35. The zero-order valence-corrected chi connectivity index (χ0v) is 9.08. The number of aryl methyl sites for hydroxylation is 1. The number of benzene rings is 1. The van der Waals surface area contributed by atoms with Gasteiger partial charge in [0.05, 0.1) is 0 Å². The van der Waals surface area contributed by atoms with Crippen LogP contribution in [-0.2, 0) is 6.42 Å². The number of hydrogen-bond acceptors (Lipinski definition) is 2. The van der Waals surface area contributed by atoms with Crippen molar-refractivity contribution < 1.29 is 5.11 Å². The molecule has 2 nitrogen and oxygen atoms in total. The van der Waals surface area contributed by atoms with Crippen LogP contribution in [0, 0.1) is 0 Å². The van der Waals surface area contributed by atoms with Gasteiger partial charge in [0.25, 0.3) is 0 Å². The molecule has 0 amide bonds. The molecule has 1 aliphatic heterocycles. The Kier molecular flexibility index (Phi) is 2.30. The first-order chi connectivity index (χ1) is 6.18. The topological polar surface area (TPSA) is 23.5 Å². The molecule has 0 spiro atoms. The molecule has 0 saturated heterocycles. The van der Waals surface area contributed by atoms with Crippen molar-refractivity contribution in [3.8, 4) is 0 Å². The van der Waals surface area contributed by atoms with Gasteiger partial charge < -0.3 is 10.0 Å². The predicted octanol–water partition coefficient (Wildman–Crippen LogP) is 2.15. The highest BCUT2D eigenvalue weighted by molar-refractivity contribution is 9.10. The lowest BCUT2D eigenvalue weighted by molar-refractivity contribution is 0.160. The molecule has 1 heterocycles. The van der Waals surface area contributed by atoms with Crippen LogP contribution < -0.4 is 4.90 Å². The Morgan fingerprint density at radius 2 is 2.31 bits per heavy atom. The largest absolute Gasteiger partial charge is 0.374 e. The molecule has 0 saturated carbocycles. The Hall–Kier alpha value is -0.540. The molecular formula is C10H12BrNO. The Labute approximate surface area is 86.3 Å². The van der Waals surface area contributed by atoms with E-state index >= 15 is 0 Å². The Bertz CT molecular complexity index is 327. The first-order valence-corrected chi connectivity index (χ1v) is 5.17. The van der Waals surface area contributed by atoms with Gasteiger partial charge in [-0.05, 0) is 36.6 Å². The lowest BCUT2D eigenvalue weighted by Gasteiger charge is -2.32. The van der Waals surface area contributed by atoms with Crippen LogP contribution in [0.25, 0.3) is 0 Å². The van der Waals surface area contributed by atoms with E-state index in [0.717, 1.165) is 23.0 Å². The number of anilines is 1. The summed E-state index contributed by atoms with van der Waals surface area (Å²) in [4.78, 5) is 1.92. The number of fused-ring (bicyclic) bond motifs is 1. The Morgan fingerprint density at radius 3 is 3.08 bits per heavy atom. The summed E-state index contributed by atoms with van der Waals surface area (Å²) in [5.74, 6) is 0. The molecule has 0 aliphatic carbocycles. The highest BCUT2D eigenvalue weighted by atomic mass is 79.9. The summed E-state index contributed by atoms with van der Waals surface area (Å²) in [5, 5.41) is 9.61. The highest BCUT2D eigenvalue weighted by Gasteiger charge is 2.20. The van der Waals surface area contributed by atoms with Crippen LogP contribution in [0.15, 0.2) is 22.7 Å². The summed E-state index contributed by atoms with van der Waals surface area (Å²) in [6.07, 6.45) is 1.45. The predicted molar refractivity (Wildman–Crippen MR) is 56.9 cm³/mol. The summed E-state index contributed by atoms with van der Waals surface area (Å²) >= 11 is 3.44. The number of rotatable bonds is 0. The summed E-state index contributed by atoms with van der Waals surface area (Å²) in [5.41, 5.74) is 2.45. The Balaban J connectivity index is 2.44. The molecule has 1 aliphatic rings. The third-order valence-corrected chi connectivity index (χ3v) is 3.03. The van der Waals surface area contributed by atoms with E-state index in [-0.39, 0.29) is 6.23 Å². The molecule has 2 rings (SSSR count). The van der Waals surface area contributed by atoms with Gasteiger partial charge in [-0.2, -0.15) is 0 Å². The number of aliphatic hydroxyl groups excluding tert-OH is 1. The minimum atomic E-state index is -0.325. The number of halogens is 1. The van der Waals surface area contributed by atoms with Crippen LogP contribution in [0.1, 0.15) is 12.0 Å². The molecule has 3 heteroatoms. The maximum Gasteiger partial charge on any atom is 0.126 e. The molecule has 0 fully saturated rings. The SMILES string of the molecule is CN1c2ccc(Br)cc2CCC1O. The number of nitrogens with zero attached hydrogens (tertiary/aromatic N) is 1. The van der Waals surface area contributed by atoms with E-state index in [2.05, 4.69) is 22.0 Å². The molecule has 1 N–H and O–H groups in total. The first-order valence-electron chi connectivity index (χ1n) is 4.38. The maximum absolute atomic E-state index is 9.61. The van der Waals surface area contributed by atoms with Gasteiger partial charge in [0, 0.05) is 17.2 Å². The molecule has 1 aromatic rings. The van der Waals surface area contributed by atoms with Crippen molar-refractivity contribution in [1.82, 2.24) is 0 Å². The van der Waals surface area contributed by atoms with Gasteiger partial charge in [-0.3, -0.25) is 0 Å². The zero-order chi connectivity index (χ0) is 9.42. The fraction of sp³-hybridized carbons (Fsp3) is 0.400. The summed E-state index contributed by atoms with van der Waals surface area (Å²) in [6.45, 7) is 0. The minimum absolute atomic E-state index is 0.325. The summed E-state index contributed by atoms with van der Waals surface area (Å²) < 4.78 is 1.11. The van der Waals surface area contributed by atoms with Crippen LogP contribution in [0.3, 0.4) is 0 Å². The third kappa shape index (κ3) is 1.58. The fourth-order valence-corrected chi connectivity index (χ4v) is 2.15. The molecule has 0 aromatic heterocycles. The van der Waals surface area contributed by atoms with E-state index < -0.39 is 0 Å². The molecule has 70 valence electrons. The molecule has 0 bridgehead atoms. The smallest absolute Gasteiger partial charge is 0.126 e. The monoisotopic (exact) mass is 241 g/mol. The van der Waals surface area contributed by atoms with Crippen LogP contribution in [0.2, 0.25) is 0 Å². The van der Waals surface area contributed by atoms with E-state index in [9.17, 15) is 5.11 Å². The summed E-state index contributed by atoms with van der Waals surface area (Å²) in [6, 6.07) is 6.17. The Morgan fingerprint density at radius 1 is 1.54 bits per heavy atom. The number of hydrogen-bond donors (Lipinski definition) is 1. The van der Waals surface area contributed by atoms with Gasteiger partial charge in [-0.1, -0.05) is 15.9 Å². The van der Waals surface area contributed by atoms with E-state index in [4.69, 9.17) is 0 Å². The second-order valence-electron chi connectivity index (χ2n) is 3.40. The van der Waals surface area contributed by atoms with Crippen LogP contribution >= 0.6 is 15.9 Å². The van der Waals surface area contributed by atoms with E-state index in [0.29, 0.717) is 0 Å². The minimum Gasteiger partial charge on any atom is -0.374 e. The van der Waals surface area contributed by atoms with E-state index in [1.54, 1.807) is 0 Å². The van der Waals surface area contributed by atoms with Crippen LogP contribution in [0.5, 0.6) is 0 Å². The lowest BCUT2D eigenvalue weighted by atomic mass is 10.0. The van der Waals surface area contributed by atoms with E-state index in [1.165, 1.54) is 5.56 Å². The van der Waals surface area contributed by atoms with Crippen molar-refractivity contribution in [3.63, 3.8) is 0 Å². The highest BCUT2D eigenvalue weighted by Crippen LogP contribution is 2.30. The van der Waals surface area contributed by atoms with Crippen molar-refractivity contribution in [2.24, 2.45) is 0 Å². The standard InChI is InChI=1S/C10H12BrNO/c1-12-9-4-3-8(11)6-7(9)2-5-10(12)13/h3-4,6,10,13H,2,5H2,1H3. The van der Waals surface area contributed by atoms with Crippen molar-refractivity contribution in [2.75, 3.05) is 11.9 Å². The fourth-order valence-electron chi connectivity index (χ4n) is 1.74. The van der Waals surface area contributed by atoms with Crippen LogP contribution in [0.4, 0.5) is 5.69 Å². The second-order valence-corrected chi connectivity index (χ2v) is 4.32.